The van der Waals surface area contributed by atoms with Crippen LogP contribution in [0, 0.1) is 5.82 Å². The number of unbranched alkanes of at least 4 members (excludes halogenated alkanes) is 1. The normalized spacial score (nSPS) is 10.4. The van der Waals surface area contributed by atoms with Crippen LogP contribution in [0.2, 0.25) is 0 Å². The van der Waals surface area contributed by atoms with Crippen molar-refractivity contribution >= 4 is 11.6 Å². The maximum atomic E-state index is 13.5. The number of benzene rings is 1. The largest absolute Gasteiger partial charge is 0.318 e. The molecule has 0 spiro atoms. The molecule has 0 saturated carbocycles. The number of nitrogens with zero attached hydrogens (tertiary/aromatic N) is 2. The quantitative estimate of drug-likeness (QED) is 0.919. The van der Waals surface area contributed by atoms with Gasteiger partial charge in [-0.2, -0.15) is 5.10 Å². The van der Waals surface area contributed by atoms with E-state index in [0.29, 0.717) is 6.54 Å². The first kappa shape index (κ1) is 14.9. The summed E-state index contributed by atoms with van der Waals surface area (Å²) >= 11 is 0. The molecule has 0 fully saturated rings. The molecule has 2 rings (SSSR count). The fourth-order valence-electron chi connectivity index (χ4n) is 1.79. The second kappa shape index (κ2) is 6.78. The van der Waals surface area contributed by atoms with Gasteiger partial charge in [0.05, 0.1) is 5.69 Å². The summed E-state index contributed by atoms with van der Waals surface area (Å²) in [6, 6.07) is 8.49. The average molecular weight is 289 g/mol. The van der Waals surface area contributed by atoms with Crippen LogP contribution in [0.25, 0.3) is 0 Å². The molecule has 1 amide bonds. The molecule has 0 radical (unpaired) electrons. The van der Waals surface area contributed by atoms with Crippen molar-refractivity contribution in [2.24, 2.45) is 0 Å². The third-order valence-electron chi connectivity index (χ3n) is 2.94. The smallest absolute Gasteiger partial charge is 0.276 e. The molecule has 0 aliphatic heterocycles. The van der Waals surface area contributed by atoms with Gasteiger partial charge in [0.15, 0.2) is 0 Å². The van der Waals surface area contributed by atoms with Gasteiger partial charge in [0.25, 0.3) is 11.5 Å². The van der Waals surface area contributed by atoms with Crippen molar-refractivity contribution in [1.29, 1.82) is 0 Å². The number of halogens is 1. The molecule has 0 aliphatic rings. The summed E-state index contributed by atoms with van der Waals surface area (Å²) < 4.78 is 14.7. The number of hydrogen-bond acceptors (Lipinski definition) is 3. The minimum atomic E-state index is -0.551. The number of hydrogen-bond donors (Lipinski definition) is 1. The summed E-state index contributed by atoms with van der Waals surface area (Å²) in [5.41, 5.74) is -0.101. The van der Waals surface area contributed by atoms with Crippen molar-refractivity contribution in [2.75, 3.05) is 5.32 Å². The summed E-state index contributed by atoms with van der Waals surface area (Å²) in [5, 5.41) is 6.44. The molecule has 0 atom stereocenters. The van der Waals surface area contributed by atoms with E-state index in [1.807, 2.05) is 6.92 Å². The van der Waals surface area contributed by atoms with Gasteiger partial charge in [-0.15, -0.1) is 0 Å². The summed E-state index contributed by atoms with van der Waals surface area (Å²) in [6.45, 7) is 2.45. The lowest BCUT2D eigenvalue weighted by molar-refractivity contribution is 0.101. The molecule has 1 N–H and O–H groups in total. The van der Waals surface area contributed by atoms with Gasteiger partial charge in [-0.25, -0.2) is 9.07 Å². The highest BCUT2D eigenvalue weighted by molar-refractivity contribution is 6.02. The van der Waals surface area contributed by atoms with E-state index >= 15 is 0 Å². The SMILES string of the molecule is CCCCn1nc(C(=O)Nc2ccccc2F)ccc1=O. The molecule has 0 unspecified atom stereocenters. The Morgan fingerprint density at radius 3 is 2.76 bits per heavy atom. The minimum absolute atomic E-state index is 0.0777. The van der Waals surface area contributed by atoms with Crippen molar-refractivity contribution < 1.29 is 9.18 Å². The third kappa shape index (κ3) is 3.75. The number of amides is 1. The zero-order valence-electron chi connectivity index (χ0n) is 11.7. The van der Waals surface area contributed by atoms with Gasteiger partial charge >= 0.3 is 0 Å². The van der Waals surface area contributed by atoms with E-state index in [1.54, 1.807) is 6.07 Å². The van der Waals surface area contributed by atoms with Crippen LogP contribution in [0.15, 0.2) is 41.2 Å². The molecular weight excluding hydrogens is 273 g/mol. The van der Waals surface area contributed by atoms with E-state index in [9.17, 15) is 14.0 Å². The van der Waals surface area contributed by atoms with Crippen molar-refractivity contribution in [3.05, 3.63) is 58.3 Å². The fraction of sp³-hybridized carbons (Fsp3) is 0.267. The molecule has 2 aromatic rings. The highest BCUT2D eigenvalue weighted by Gasteiger charge is 2.11. The zero-order chi connectivity index (χ0) is 15.2. The topological polar surface area (TPSA) is 64.0 Å². The number of nitrogens with one attached hydrogen (secondary N) is 1. The van der Waals surface area contributed by atoms with Crippen molar-refractivity contribution in [3.63, 3.8) is 0 Å². The van der Waals surface area contributed by atoms with Gasteiger partial charge in [-0.1, -0.05) is 25.5 Å². The van der Waals surface area contributed by atoms with Crippen LogP contribution in [0.3, 0.4) is 0 Å². The van der Waals surface area contributed by atoms with Gasteiger partial charge in [0, 0.05) is 12.6 Å². The van der Waals surface area contributed by atoms with Gasteiger partial charge in [0.2, 0.25) is 0 Å². The average Bonchev–Trinajstić information content (AvgIpc) is 2.48. The second-order valence-electron chi connectivity index (χ2n) is 4.57. The Kier molecular flexibility index (Phi) is 4.81. The van der Waals surface area contributed by atoms with E-state index in [-0.39, 0.29) is 16.9 Å². The second-order valence-corrected chi connectivity index (χ2v) is 4.57. The highest BCUT2D eigenvalue weighted by atomic mass is 19.1. The predicted octanol–water partition coefficient (Wildman–Crippen LogP) is 2.43. The Morgan fingerprint density at radius 2 is 2.05 bits per heavy atom. The summed E-state index contributed by atoms with van der Waals surface area (Å²) in [7, 11) is 0. The molecule has 6 heteroatoms. The van der Waals surface area contributed by atoms with E-state index in [2.05, 4.69) is 10.4 Å². The first-order valence-corrected chi connectivity index (χ1v) is 6.76. The number of carbonyl (C=O) groups excluding carboxylic acids is 1. The number of aromatic nitrogens is 2. The lowest BCUT2D eigenvalue weighted by atomic mass is 10.3. The Balaban J connectivity index is 2.19. The fourth-order valence-corrected chi connectivity index (χ4v) is 1.79. The van der Waals surface area contributed by atoms with Crippen molar-refractivity contribution in [1.82, 2.24) is 9.78 Å². The van der Waals surface area contributed by atoms with Crippen molar-refractivity contribution in [3.8, 4) is 0 Å². The Labute approximate surface area is 121 Å². The van der Waals surface area contributed by atoms with Crippen LogP contribution in [0.4, 0.5) is 10.1 Å². The Bertz CT molecular complexity index is 697. The van der Waals surface area contributed by atoms with Crippen LogP contribution in [-0.4, -0.2) is 15.7 Å². The lowest BCUT2D eigenvalue weighted by Crippen LogP contribution is -2.26. The molecule has 5 nitrogen and oxygen atoms in total. The van der Waals surface area contributed by atoms with Gasteiger partial charge in [-0.05, 0) is 24.6 Å². The number of anilines is 1. The van der Waals surface area contributed by atoms with E-state index in [1.165, 1.54) is 35.0 Å². The highest BCUT2D eigenvalue weighted by Crippen LogP contribution is 2.13. The number of rotatable bonds is 5. The predicted molar refractivity (Wildman–Crippen MR) is 77.8 cm³/mol. The Morgan fingerprint density at radius 1 is 1.29 bits per heavy atom. The molecule has 21 heavy (non-hydrogen) atoms. The van der Waals surface area contributed by atoms with Crippen LogP contribution in [0.1, 0.15) is 30.3 Å². The molecule has 0 bridgehead atoms. The number of aryl methyl sites for hydroxylation is 1. The third-order valence-corrected chi connectivity index (χ3v) is 2.94. The molecule has 0 aliphatic carbocycles. The monoisotopic (exact) mass is 289 g/mol. The standard InChI is InChI=1S/C15H16FN3O2/c1-2-3-10-19-14(20)9-8-13(18-19)15(21)17-12-7-5-4-6-11(12)16/h4-9H,2-3,10H2,1H3,(H,17,21). The molecule has 1 heterocycles. The molecular formula is C15H16FN3O2. The Hall–Kier alpha value is -2.50. The maximum Gasteiger partial charge on any atom is 0.276 e. The zero-order valence-corrected chi connectivity index (χ0v) is 11.7. The van der Waals surface area contributed by atoms with E-state index in [4.69, 9.17) is 0 Å². The van der Waals surface area contributed by atoms with E-state index in [0.717, 1.165) is 12.8 Å². The van der Waals surface area contributed by atoms with Crippen LogP contribution < -0.4 is 10.9 Å². The first-order valence-electron chi connectivity index (χ1n) is 6.76. The molecule has 1 aromatic carbocycles. The van der Waals surface area contributed by atoms with Crippen LogP contribution in [-0.2, 0) is 6.54 Å². The first-order chi connectivity index (χ1) is 10.1. The summed E-state index contributed by atoms with van der Waals surface area (Å²) in [5.74, 6) is -1.07. The molecule has 1 aromatic heterocycles. The minimum Gasteiger partial charge on any atom is -0.318 e. The van der Waals surface area contributed by atoms with Crippen LogP contribution in [0.5, 0.6) is 0 Å². The van der Waals surface area contributed by atoms with Crippen LogP contribution >= 0.6 is 0 Å². The van der Waals surface area contributed by atoms with Gasteiger partial charge in [0.1, 0.15) is 11.5 Å². The van der Waals surface area contributed by atoms with Gasteiger partial charge < -0.3 is 5.32 Å². The lowest BCUT2D eigenvalue weighted by Gasteiger charge is -2.08. The number of carbonyl (C=O) groups is 1. The number of para-hydroxylation sites is 1. The summed E-state index contributed by atoms with van der Waals surface area (Å²) in [4.78, 5) is 23.7. The molecule has 110 valence electrons. The summed E-state index contributed by atoms with van der Waals surface area (Å²) in [6.07, 6.45) is 1.71. The van der Waals surface area contributed by atoms with E-state index < -0.39 is 11.7 Å². The maximum absolute atomic E-state index is 13.5. The van der Waals surface area contributed by atoms with Crippen molar-refractivity contribution in [2.45, 2.75) is 26.3 Å². The van der Waals surface area contributed by atoms with Gasteiger partial charge in [-0.3, -0.25) is 9.59 Å². The molecule has 0 saturated heterocycles.